The number of hydrogen-bond acceptors (Lipinski definition) is 3. The second-order valence-corrected chi connectivity index (χ2v) is 8.75. The number of likely N-dealkylation sites (tertiary alicyclic amines) is 1. The van der Waals surface area contributed by atoms with Crippen LogP contribution in [0.2, 0.25) is 10.0 Å². The monoisotopic (exact) mass is 477 g/mol. The highest BCUT2D eigenvalue weighted by Crippen LogP contribution is 2.33. The number of halogens is 2. The summed E-state index contributed by atoms with van der Waals surface area (Å²) in [4.78, 5) is 38.1. The molecule has 0 aliphatic carbocycles. The fourth-order valence-corrected chi connectivity index (χ4v) is 4.41. The van der Waals surface area contributed by atoms with E-state index in [1.807, 2.05) is 0 Å². The van der Waals surface area contributed by atoms with Gasteiger partial charge in [0, 0.05) is 38.0 Å². The molecule has 1 aliphatic heterocycles. The molecule has 1 aromatic heterocycles. The molecule has 7 nitrogen and oxygen atoms in total. The van der Waals surface area contributed by atoms with Crippen LogP contribution in [0.1, 0.15) is 37.2 Å². The van der Waals surface area contributed by atoms with Crippen molar-refractivity contribution in [1.82, 2.24) is 14.8 Å². The molecule has 1 aromatic carbocycles. The molecule has 1 atom stereocenters. The summed E-state index contributed by atoms with van der Waals surface area (Å²) in [6.07, 6.45) is 5.68. The number of benzene rings is 1. The molecule has 0 spiro atoms. The lowest BCUT2D eigenvalue weighted by Crippen LogP contribution is -2.50. The third kappa shape index (κ3) is 4.69. The summed E-state index contributed by atoms with van der Waals surface area (Å²) in [6.45, 7) is 3.99. The van der Waals surface area contributed by atoms with Crippen molar-refractivity contribution in [2.24, 2.45) is 7.05 Å². The highest BCUT2D eigenvalue weighted by molar-refractivity contribution is 6.45. The SMILES string of the molecule is C/C=C(\C=C/CC1(NC(=O)c2cc3c(Cl)c(Cl)ccc3n2C)CCN(C(C)=O)C1)C(=O)O. The molecule has 9 heteroatoms. The molecule has 1 unspecified atom stereocenters. The van der Waals surface area contributed by atoms with E-state index < -0.39 is 11.5 Å². The predicted molar refractivity (Wildman–Crippen MR) is 125 cm³/mol. The molecule has 0 saturated carbocycles. The van der Waals surface area contributed by atoms with Gasteiger partial charge in [0.2, 0.25) is 5.91 Å². The van der Waals surface area contributed by atoms with E-state index >= 15 is 0 Å². The van der Waals surface area contributed by atoms with Crippen molar-refractivity contribution in [2.75, 3.05) is 13.1 Å². The third-order valence-electron chi connectivity index (χ3n) is 5.89. The molecule has 0 bridgehead atoms. The van der Waals surface area contributed by atoms with E-state index in [2.05, 4.69) is 5.32 Å². The first-order valence-electron chi connectivity index (χ1n) is 10.2. The third-order valence-corrected chi connectivity index (χ3v) is 6.71. The van der Waals surface area contributed by atoms with Crippen LogP contribution in [0.4, 0.5) is 0 Å². The van der Waals surface area contributed by atoms with Gasteiger partial charge in [0.25, 0.3) is 5.91 Å². The van der Waals surface area contributed by atoms with E-state index in [4.69, 9.17) is 23.2 Å². The van der Waals surface area contributed by atoms with Gasteiger partial charge >= 0.3 is 5.97 Å². The number of amides is 2. The number of carbonyl (C=O) groups excluding carboxylic acids is 2. The molecule has 2 N–H and O–H groups in total. The zero-order valence-corrected chi connectivity index (χ0v) is 19.6. The van der Waals surface area contributed by atoms with E-state index in [0.29, 0.717) is 47.1 Å². The maximum atomic E-state index is 13.3. The molecule has 0 radical (unpaired) electrons. The van der Waals surface area contributed by atoms with Crippen LogP contribution >= 0.6 is 23.2 Å². The van der Waals surface area contributed by atoms with Crippen LogP contribution in [0, 0.1) is 0 Å². The van der Waals surface area contributed by atoms with Crippen LogP contribution in [0.25, 0.3) is 10.9 Å². The standard InChI is InChI=1S/C23H25Cl2N3O4/c1-4-15(22(31)32)6-5-9-23(10-11-28(13-23)14(2)29)26-21(30)19-12-16-18(27(19)3)8-7-17(24)20(16)25/h4-8,12H,9-11,13H2,1-3H3,(H,26,30)(H,31,32)/b6-5-,15-4+. The van der Waals surface area contributed by atoms with Crippen LogP contribution in [0.5, 0.6) is 0 Å². The van der Waals surface area contributed by atoms with Gasteiger partial charge in [-0.15, -0.1) is 0 Å². The summed E-state index contributed by atoms with van der Waals surface area (Å²) in [6, 6.07) is 5.18. The Morgan fingerprint density at radius 1 is 1.28 bits per heavy atom. The molecule has 3 rings (SSSR count). The molecule has 170 valence electrons. The number of hydrogen-bond donors (Lipinski definition) is 2. The zero-order valence-electron chi connectivity index (χ0n) is 18.1. The number of carboxylic acid groups (broad SMARTS) is 1. The fourth-order valence-electron chi connectivity index (χ4n) is 4.04. The maximum absolute atomic E-state index is 13.3. The Balaban J connectivity index is 1.91. The predicted octanol–water partition coefficient (Wildman–Crippen LogP) is 4.18. The normalized spacial score (nSPS) is 19.2. The van der Waals surface area contributed by atoms with Crippen molar-refractivity contribution in [3.8, 4) is 0 Å². The Kier molecular flexibility index (Phi) is 7.00. The summed E-state index contributed by atoms with van der Waals surface area (Å²) >= 11 is 12.4. The molecular formula is C23H25Cl2N3O4. The zero-order chi connectivity index (χ0) is 23.6. The summed E-state index contributed by atoms with van der Waals surface area (Å²) in [5.41, 5.74) is 0.630. The van der Waals surface area contributed by atoms with Gasteiger partial charge in [-0.25, -0.2) is 4.79 Å². The number of aromatic nitrogens is 1. The summed E-state index contributed by atoms with van der Waals surface area (Å²) in [7, 11) is 1.77. The van der Waals surface area contributed by atoms with E-state index in [0.717, 1.165) is 5.52 Å². The first-order chi connectivity index (χ1) is 15.1. The number of carbonyl (C=O) groups is 3. The average molecular weight is 478 g/mol. The average Bonchev–Trinajstić information content (AvgIpc) is 3.30. The number of carboxylic acids is 1. The van der Waals surface area contributed by atoms with E-state index in [9.17, 15) is 19.5 Å². The number of nitrogens with one attached hydrogen (secondary N) is 1. The first kappa shape index (κ1) is 23.9. The highest BCUT2D eigenvalue weighted by Gasteiger charge is 2.40. The van der Waals surface area contributed by atoms with E-state index in [1.54, 1.807) is 47.7 Å². The summed E-state index contributed by atoms with van der Waals surface area (Å²) in [5, 5.41) is 13.8. The van der Waals surface area contributed by atoms with Crippen molar-refractivity contribution < 1.29 is 19.5 Å². The molecule has 32 heavy (non-hydrogen) atoms. The minimum Gasteiger partial charge on any atom is -0.478 e. The van der Waals surface area contributed by atoms with E-state index in [-0.39, 0.29) is 17.4 Å². The number of aryl methyl sites for hydroxylation is 1. The Labute approximate surface area is 196 Å². The van der Waals surface area contributed by atoms with Crippen LogP contribution in [-0.2, 0) is 16.6 Å². The lowest BCUT2D eigenvalue weighted by molar-refractivity contribution is -0.132. The minimum absolute atomic E-state index is 0.0733. The van der Waals surface area contributed by atoms with Gasteiger partial charge in [-0.2, -0.15) is 0 Å². The lowest BCUT2D eigenvalue weighted by atomic mass is 9.93. The Hall–Kier alpha value is -2.77. The Bertz CT molecular complexity index is 1150. The van der Waals surface area contributed by atoms with Crippen LogP contribution in [-0.4, -0.2) is 51.0 Å². The number of fused-ring (bicyclic) bond motifs is 1. The number of aliphatic carboxylic acids is 1. The van der Waals surface area contributed by atoms with Crippen molar-refractivity contribution in [1.29, 1.82) is 0 Å². The molecule has 1 saturated heterocycles. The molecule has 2 heterocycles. The van der Waals surface area contributed by atoms with Gasteiger partial charge < -0.3 is 19.9 Å². The maximum Gasteiger partial charge on any atom is 0.335 e. The Morgan fingerprint density at radius 2 is 2.00 bits per heavy atom. The van der Waals surface area contributed by atoms with Crippen LogP contribution in [0.15, 0.2) is 42.0 Å². The summed E-state index contributed by atoms with van der Waals surface area (Å²) in [5.74, 6) is -1.40. The molecule has 1 fully saturated rings. The van der Waals surface area contributed by atoms with Crippen LogP contribution < -0.4 is 5.32 Å². The molecule has 1 aliphatic rings. The fraction of sp³-hybridized carbons (Fsp3) is 0.348. The van der Waals surface area contributed by atoms with Gasteiger partial charge in [-0.1, -0.05) is 41.4 Å². The van der Waals surface area contributed by atoms with Gasteiger partial charge in [-0.3, -0.25) is 9.59 Å². The second kappa shape index (κ2) is 9.38. The topological polar surface area (TPSA) is 91.6 Å². The summed E-state index contributed by atoms with van der Waals surface area (Å²) < 4.78 is 1.75. The van der Waals surface area contributed by atoms with Gasteiger partial charge in [0.15, 0.2) is 0 Å². The molecular weight excluding hydrogens is 453 g/mol. The molecule has 2 aromatic rings. The van der Waals surface area contributed by atoms with Gasteiger partial charge in [-0.05, 0) is 38.0 Å². The number of allylic oxidation sites excluding steroid dienone is 1. The highest BCUT2D eigenvalue weighted by atomic mass is 35.5. The largest absolute Gasteiger partial charge is 0.478 e. The minimum atomic E-state index is -1.02. The van der Waals surface area contributed by atoms with Crippen molar-refractivity contribution in [3.63, 3.8) is 0 Å². The number of nitrogens with zero attached hydrogens (tertiary/aromatic N) is 2. The van der Waals surface area contributed by atoms with Crippen molar-refractivity contribution in [3.05, 3.63) is 57.7 Å². The Morgan fingerprint density at radius 3 is 2.59 bits per heavy atom. The van der Waals surface area contributed by atoms with Gasteiger partial charge in [0.1, 0.15) is 5.69 Å². The van der Waals surface area contributed by atoms with E-state index in [1.165, 1.54) is 19.1 Å². The molecule has 2 amide bonds. The van der Waals surface area contributed by atoms with Gasteiger partial charge in [0.05, 0.1) is 21.2 Å². The van der Waals surface area contributed by atoms with Crippen molar-refractivity contribution in [2.45, 2.75) is 32.2 Å². The smallest absolute Gasteiger partial charge is 0.335 e. The van der Waals surface area contributed by atoms with Crippen LogP contribution in [0.3, 0.4) is 0 Å². The first-order valence-corrected chi connectivity index (χ1v) is 10.9. The number of rotatable bonds is 6. The quantitative estimate of drug-likeness (QED) is 0.481. The lowest BCUT2D eigenvalue weighted by Gasteiger charge is -2.29. The second-order valence-electron chi connectivity index (χ2n) is 7.96. The van der Waals surface area contributed by atoms with Crippen molar-refractivity contribution >= 4 is 51.9 Å².